The first kappa shape index (κ1) is 17.3. The van der Waals surface area contributed by atoms with Gasteiger partial charge in [0, 0.05) is 24.9 Å². The van der Waals surface area contributed by atoms with Gasteiger partial charge in [-0.2, -0.15) is 0 Å². The summed E-state index contributed by atoms with van der Waals surface area (Å²) in [7, 11) is 1.60. The number of anilines is 1. The van der Waals surface area contributed by atoms with Gasteiger partial charge in [-0.15, -0.1) is 0 Å². The zero-order chi connectivity index (χ0) is 16.5. The van der Waals surface area contributed by atoms with E-state index >= 15 is 0 Å². The maximum atomic E-state index is 11.8. The van der Waals surface area contributed by atoms with Crippen LogP contribution in [0.5, 0.6) is 5.75 Å². The van der Waals surface area contributed by atoms with E-state index in [1.807, 2.05) is 24.3 Å². The predicted molar refractivity (Wildman–Crippen MR) is 92.3 cm³/mol. The van der Waals surface area contributed by atoms with Crippen LogP contribution < -0.4 is 26.2 Å². The van der Waals surface area contributed by atoms with E-state index < -0.39 is 0 Å². The molecular formula is C15H22N4O3S. The van der Waals surface area contributed by atoms with Gasteiger partial charge in [-0.05, 0) is 37.2 Å². The van der Waals surface area contributed by atoms with Crippen molar-refractivity contribution in [3.63, 3.8) is 0 Å². The highest BCUT2D eigenvalue weighted by atomic mass is 32.1. The molecule has 0 radical (unpaired) electrons. The van der Waals surface area contributed by atoms with Crippen molar-refractivity contribution < 1.29 is 14.3 Å². The van der Waals surface area contributed by atoms with Gasteiger partial charge in [-0.1, -0.05) is 6.07 Å². The number of hydrogen-bond donors (Lipinski definition) is 4. The average Bonchev–Trinajstić information content (AvgIpc) is 3.10. The molecule has 1 saturated heterocycles. The summed E-state index contributed by atoms with van der Waals surface area (Å²) >= 11 is 5.09. The topological polar surface area (TPSA) is 83.7 Å². The Morgan fingerprint density at radius 3 is 3.04 bits per heavy atom. The summed E-state index contributed by atoms with van der Waals surface area (Å²) in [5.41, 5.74) is 6.00. The van der Waals surface area contributed by atoms with Gasteiger partial charge in [-0.25, -0.2) is 0 Å². The minimum absolute atomic E-state index is 0.120. The molecule has 0 saturated carbocycles. The standard InChI is InChI=1S/C15H22N4O3S/c1-21-12-5-2-4-11(8-12)16-10-14(20)18-19-15(23)17-9-13-6-3-7-22-13/h2,4-5,8,13,16H,3,6-7,9-10H2,1H3,(H,18,20)(H2,17,19,23)/t13-/m1/s1. The molecule has 1 aliphatic rings. The van der Waals surface area contributed by atoms with E-state index in [0.717, 1.165) is 30.9 Å². The second kappa shape index (κ2) is 9.16. The molecule has 1 amide bonds. The first-order chi connectivity index (χ1) is 11.2. The number of carbonyl (C=O) groups excluding carboxylic acids is 1. The summed E-state index contributed by atoms with van der Waals surface area (Å²) in [6.45, 7) is 1.57. The number of hydrogen-bond acceptors (Lipinski definition) is 5. The highest BCUT2D eigenvalue weighted by Crippen LogP contribution is 2.16. The monoisotopic (exact) mass is 338 g/mol. The molecule has 1 heterocycles. The third-order valence-electron chi connectivity index (χ3n) is 3.35. The summed E-state index contributed by atoms with van der Waals surface area (Å²) in [6, 6.07) is 7.36. The first-order valence-corrected chi connectivity index (χ1v) is 7.90. The number of amides is 1. The Morgan fingerprint density at radius 2 is 2.30 bits per heavy atom. The summed E-state index contributed by atoms with van der Waals surface area (Å²) < 4.78 is 10.6. The number of thiocarbonyl (C=S) groups is 1. The van der Waals surface area contributed by atoms with Gasteiger partial charge in [0.05, 0.1) is 19.8 Å². The summed E-state index contributed by atoms with van der Waals surface area (Å²) in [5, 5.41) is 6.39. The molecule has 8 heteroatoms. The molecule has 1 aromatic rings. The molecule has 0 bridgehead atoms. The van der Waals surface area contributed by atoms with Crippen molar-refractivity contribution in [2.75, 3.05) is 32.1 Å². The van der Waals surface area contributed by atoms with Crippen molar-refractivity contribution >= 4 is 28.9 Å². The quantitative estimate of drug-likeness (QED) is 0.451. The third-order valence-corrected chi connectivity index (χ3v) is 3.60. The van der Waals surface area contributed by atoms with Crippen LogP contribution >= 0.6 is 12.2 Å². The van der Waals surface area contributed by atoms with Crippen LogP contribution in [0, 0.1) is 0 Å². The van der Waals surface area contributed by atoms with E-state index in [4.69, 9.17) is 21.7 Å². The van der Waals surface area contributed by atoms with Crippen LogP contribution in [-0.2, 0) is 9.53 Å². The zero-order valence-electron chi connectivity index (χ0n) is 13.1. The molecule has 1 fully saturated rings. The molecule has 7 nitrogen and oxygen atoms in total. The van der Waals surface area contributed by atoms with Gasteiger partial charge in [0.15, 0.2) is 5.11 Å². The summed E-state index contributed by atoms with van der Waals surface area (Å²) in [5.74, 6) is 0.502. The van der Waals surface area contributed by atoms with Crippen LogP contribution in [0.1, 0.15) is 12.8 Å². The molecule has 1 atom stereocenters. The lowest BCUT2D eigenvalue weighted by atomic mass is 10.2. The Morgan fingerprint density at radius 1 is 1.43 bits per heavy atom. The van der Waals surface area contributed by atoms with E-state index in [0.29, 0.717) is 11.7 Å². The normalized spacial score (nSPS) is 16.5. The maximum absolute atomic E-state index is 11.8. The lowest BCUT2D eigenvalue weighted by molar-refractivity contribution is -0.119. The number of carbonyl (C=O) groups is 1. The molecule has 23 heavy (non-hydrogen) atoms. The van der Waals surface area contributed by atoms with E-state index in [9.17, 15) is 4.79 Å². The van der Waals surface area contributed by atoms with Crippen LogP contribution in [-0.4, -0.2) is 43.9 Å². The maximum Gasteiger partial charge on any atom is 0.257 e. The van der Waals surface area contributed by atoms with Crippen LogP contribution in [0.15, 0.2) is 24.3 Å². The molecule has 2 rings (SSSR count). The fraction of sp³-hybridized carbons (Fsp3) is 0.467. The van der Waals surface area contributed by atoms with Crippen molar-refractivity contribution in [1.82, 2.24) is 16.2 Å². The van der Waals surface area contributed by atoms with Gasteiger partial charge >= 0.3 is 0 Å². The van der Waals surface area contributed by atoms with Crippen LogP contribution in [0.3, 0.4) is 0 Å². The minimum Gasteiger partial charge on any atom is -0.497 e. The molecule has 4 N–H and O–H groups in total. The minimum atomic E-state index is -0.228. The van der Waals surface area contributed by atoms with Crippen molar-refractivity contribution in [1.29, 1.82) is 0 Å². The smallest absolute Gasteiger partial charge is 0.257 e. The number of rotatable bonds is 6. The Bertz CT molecular complexity index is 535. The van der Waals surface area contributed by atoms with Crippen molar-refractivity contribution in [3.05, 3.63) is 24.3 Å². The first-order valence-electron chi connectivity index (χ1n) is 7.49. The van der Waals surface area contributed by atoms with E-state index in [1.54, 1.807) is 7.11 Å². The summed E-state index contributed by atoms with van der Waals surface area (Å²) in [4.78, 5) is 11.8. The van der Waals surface area contributed by atoms with Gasteiger partial charge in [0.1, 0.15) is 5.75 Å². The highest BCUT2D eigenvalue weighted by molar-refractivity contribution is 7.80. The van der Waals surface area contributed by atoms with E-state index in [1.165, 1.54) is 0 Å². The predicted octanol–water partition coefficient (Wildman–Crippen LogP) is 0.781. The largest absolute Gasteiger partial charge is 0.497 e. The Balaban J connectivity index is 1.61. The van der Waals surface area contributed by atoms with Gasteiger partial charge in [0.2, 0.25) is 0 Å². The molecule has 1 aromatic carbocycles. The molecule has 0 spiro atoms. The highest BCUT2D eigenvalue weighted by Gasteiger charge is 2.15. The number of hydrazine groups is 1. The van der Waals surface area contributed by atoms with Gasteiger partial charge in [0.25, 0.3) is 5.91 Å². The van der Waals surface area contributed by atoms with Crippen molar-refractivity contribution in [3.8, 4) is 5.75 Å². The molecule has 1 aliphatic heterocycles. The molecule has 0 unspecified atom stereocenters. The Labute approximate surface area is 141 Å². The lowest BCUT2D eigenvalue weighted by Crippen LogP contribution is -2.49. The molecular weight excluding hydrogens is 316 g/mol. The SMILES string of the molecule is COc1cccc(NCC(=O)NNC(=S)NC[C@H]2CCCO2)c1. The Kier molecular flexibility index (Phi) is 6.89. The van der Waals surface area contributed by atoms with Crippen molar-refractivity contribution in [2.24, 2.45) is 0 Å². The van der Waals surface area contributed by atoms with E-state index in [2.05, 4.69) is 21.5 Å². The Hall–Kier alpha value is -2.06. The lowest BCUT2D eigenvalue weighted by Gasteiger charge is -2.14. The molecule has 126 valence electrons. The fourth-order valence-corrected chi connectivity index (χ4v) is 2.28. The number of ether oxygens (including phenoxy) is 2. The van der Waals surface area contributed by atoms with Crippen molar-refractivity contribution in [2.45, 2.75) is 18.9 Å². The average molecular weight is 338 g/mol. The van der Waals surface area contributed by atoms with Crippen LogP contribution in [0.4, 0.5) is 5.69 Å². The van der Waals surface area contributed by atoms with Gasteiger partial charge < -0.3 is 20.1 Å². The number of nitrogens with one attached hydrogen (secondary N) is 4. The fourth-order valence-electron chi connectivity index (χ4n) is 2.14. The van der Waals surface area contributed by atoms with Crippen LogP contribution in [0.25, 0.3) is 0 Å². The van der Waals surface area contributed by atoms with E-state index in [-0.39, 0.29) is 18.6 Å². The zero-order valence-corrected chi connectivity index (χ0v) is 13.9. The number of methoxy groups -OCH3 is 1. The van der Waals surface area contributed by atoms with Crippen LogP contribution in [0.2, 0.25) is 0 Å². The molecule has 0 aromatic heterocycles. The third kappa shape index (κ3) is 6.29. The number of benzene rings is 1. The summed E-state index contributed by atoms with van der Waals surface area (Å²) in [6.07, 6.45) is 2.31. The van der Waals surface area contributed by atoms with Gasteiger partial charge in [-0.3, -0.25) is 15.6 Å². The second-order valence-corrected chi connectivity index (χ2v) is 5.51. The second-order valence-electron chi connectivity index (χ2n) is 5.10. The molecule has 0 aliphatic carbocycles.